The summed E-state index contributed by atoms with van der Waals surface area (Å²) in [6, 6.07) is 11.0. The second-order valence-electron chi connectivity index (χ2n) is 6.27. The molecule has 114 valence electrons. The van der Waals surface area contributed by atoms with Gasteiger partial charge in [0.15, 0.2) is 0 Å². The van der Waals surface area contributed by atoms with Gasteiger partial charge in [-0.05, 0) is 25.1 Å². The molecule has 21 heavy (non-hydrogen) atoms. The molecule has 2 aromatic rings. The van der Waals surface area contributed by atoms with Crippen LogP contribution in [0, 0.1) is 5.41 Å². The lowest BCUT2D eigenvalue weighted by atomic mass is 9.80. The van der Waals surface area contributed by atoms with Gasteiger partial charge in [0, 0.05) is 24.5 Å². The molecule has 0 aliphatic carbocycles. The molecule has 0 bridgehead atoms. The van der Waals surface area contributed by atoms with Crippen molar-refractivity contribution in [2.45, 2.75) is 26.4 Å². The van der Waals surface area contributed by atoms with E-state index in [9.17, 15) is 0 Å². The molecule has 0 saturated heterocycles. The summed E-state index contributed by atoms with van der Waals surface area (Å²) in [5, 5.41) is 5.60. The number of benzene rings is 1. The molecule has 0 amide bonds. The zero-order valence-corrected chi connectivity index (χ0v) is 14.2. The summed E-state index contributed by atoms with van der Waals surface area (Å²) in [6.07, 6.45) is 0. The fourth-order valence-electron chi connectivity index (χ4n) is 3.09. The maximum atomic E-state index is 4.37. The summed E-state index contributed by atoms with van der Waals surface area (Å²) in [7, 11) is 4.21. The molecule has 1 aromatic carbocycles. The molecule has 0 aliphatic rings. The molecule has 1 unspecified atom stereocenters. The van der Waals surface area contributed by atoms with E-state index >= 15 is 0 Å². The fourth-order valence-corrected chi connectivity index (χ4v) is 3.64. The highest BCUT2D eigenvalue weighted by Gasteiger charge is 2.30. The monoisotopic (exact) mass is 303 g/mol. The van der Waals surface area contributed by atoms with E-state index in [-0.39, 0.29) is 5.41 Å². The number of aromatic nitrogens is 1. The van der Waals surface area contributed by atoms with E-state index in [0.29, 0.717) is 6.04 Å². The van der Waals surface area contributed by atoms with Gasteiger partial charge in [0.2, 0.25) is 0 Å². The highest BCUT2D eigenvalue weighted by atomic mass is 32.1. The molecule has 1 atom stereocenters. The molecule has 0 aliphatic heterocycles. The summed E-state index contributed by atoms with van der Waals surface area (Å²) >= 11 is 1.66. The van der Waals surface area contributed by atoms with Gasteiger partial charge in [-0.3, -0.25) is 4.90 Å². The summed E-state index contributed by atoms with van der Waals surface area (Å²) in [6.45, 7) is 6.54. The van der Waals surface area contributed by atoms with Crippen LogP contribution in [-0.2, 0) is 6.54 Å². The Morgan fingerprint density at radius 3 is 2.57 bits per heavy atom. The molecule has 1 N–H and O–H groups in total. The summed E-state index contributed by atoms with van der Waals surface area (Å²) in [4.78, 5) is 6.72. The van der Waals surface area contributed by atoms with Gasteiger partial charge in [-0.1, -0.05) is 44.2 Å². The number of nitrogens with zero attached hydrogens (tertiary/aromatic N) is 2. The van der Waals surface area contributed by atoms with Gasteiger partial charge in [0.05, 0.1) is 11.2 Å². The van der Waals surface area contributed by atoms with Crippen molar-refractivity contribution in [1.29, 1.82) is 0 Å². The van der Waals surface area contributed by atoms with Gasteiger partial charge < -0.3 is 5.32 Å². The number of nitrogens with one attached hydrogen (secondary N) is 1. The van der Waals surface area contributed by atoms with Crippen molar-refractivity contribution in [3.8, 4) is 0 Å². The largest absolute Gasteiger partial charge is 0.313 e. The Labute approximate surface area is 132 Å². The minimum Gasteiger partial charge on any atom is -0.313 e. The summed E-state index contributed by atoms with van der Waals surface area (Å²) < 4.78 is 0. The topological polar surface area (TPSA) is 28.2 Å². The smallest absolute Gasteiger partial charge is 0.0795 e. The quantitative estimate of drug-likeness (QED) is 0.847. The Hall–Kier alpha value is -1.23. The van der Waals surface area contributed by atoms with Gasteiger partial charge >= 0.3 is 0 Å². The number of rotatable bonds is 7. The molecule has 3 nitrogen and oxygen atoms in total. The predicted octanol–water partition coefficient (Wildman–Crippen LogP) is 3.56. The van der Waals surface area contributed by atoms with Gasteiger partial charge in [-0.25, -0.2) is 4.98 Å². The molecule has 2 rings (SSSR count). The zero-order valence-electron chi connectivity index (χ0n) is 13.3. The van der Waals surface area contributed by atoms with E-state index in [0.717, 1.165) is 18.8 Å². The molecule has 0 fully saturated rings. The Balaban J connectivity index is 2.05. The minimum absolute atomic E-state index is 0.126. The average molecular weight is 303 g/mol. The Morgan fingerprint density at radius 1 is 1.29 bits per heavy atom. The maximum absolute atomic E-state index is 4.37. The molecule has 4 heteroatoms. The van der Waals surface area contributed by atoms with Crippen LogP contribution < -0.4 is 5.32 Å². The molecule has 1 aromatic heterocycles. The maximum Gasteiger partial charge on any atom is 0.0795 e. The van der Waals surface area contributed by atoms with Gasteiger partial charge in [-0.2, -0.15) is 0 Å². The van der Waals surface area contributed by atoms with Crippen molar-refractivity contribution in [2.24, 2.45) is 5.41 Å². The molecule has 0 spiro atoms. The van der Waals surface area contributed by atoms with E-state index < -0.39 is 0 Å². The van der Waals surface area contributed by atoms with Crippen LogP contribution in [0.4, 0.5) is 0 Å². The Kier molecular flexibility index (Phi) is 5.51. The predicted molar refractivity (Wildman–Crippen MR) is 90.5 cm³/mol. The molecule has 1 heterocycles. The lowest BCUT2D eigenvalue weighted by Gasteiger charge is -2.37. The van der Waals surface area contributed by atoms with Crippen molar-refractivity contribution in [1.82, 2.24) is 15.2 Å². The van der Waals surface area contributed by atoms with Crippen molar-refractivity contribution in [2.75, 3.05) is 20.6 Å². The first kappa shape index (κ1) is 16.1. The molecule has 0 saturated carbocycles. The minimum atomic E-state index is 0.126. The third-order valence-electron chi connectivity index (χ3n) is 3.80. The van der Waals surface area contributed by atoms with Crippen LogP contribution in [0.1, 0.15) is 31.1 Å². The lowest BCUT2D eigenvalue weighted by Crippen LogP contribution is -2.40. The first-order valence-corrected chi connectivity index (χ1v) is 8.25. The average Bonchev–Trinajstić information content (AvgIpc) is 2.92. The third-order valence-corrected chi connectivity index (χ3v) is 4.43. The Morgan fingerprint density at radius 2 is 2.00 bits per heavy atom. The van der Waals surface area contributed by atoms with Crippen molar-refractivity contribution in [3.05, 3.63) is 52.5 Å². The number of hydrogen-bond acceptors (Lipinski definition) is 4. The van der Waals surface area contributed by atoms with E-state index in [1.54, 1.807) is 11.3 Å². The van der Waals surface area contributed by atoms with Crippen LogP contribution in [0.15, 0.2) is 41.2 Å². The van der Waals surface area contributed by atoms with Crippen LogP contribution in [0.2, 0.25) is 0 Å². The van der Waals surface area contributed by atoms with Crippen molar-refractivity contribution >= 4 is 11.3 Å². The molecular weight excluding hydrogens is 278 g/mol. The van der Waals surface area contributed by atoms with E-state index in [1.807, 2.05) is 12.6 Å². The van der Waals surface area contributed by atoms with E-state index in [4.69, 9.17) is 0 Å². The van der Waals surface area contributed by atoms with Crippen molar-refractivity contribution in [3.63, 3.8) is 0 Å². The van der Waals surface area contributed by atoms with Gasteiger partial charge in [0.1, 0.15) is 0 Å². The van der Waals surface area contributed by atoms with Crippen LogP contribution in [-0.4, -0.2) is 30.5 Å². The van der Waals surface area contributed by atoms with Crippen LogP contribution in [0.25, 0.3) is 0 Å². The highest BCUT2D eigenvalue weighted by Crippen LogP contribution is 2.33. The fraction of sp³-hybridized carbons (Fsp3) is 0.471. The SMILES string of the molecule is CNC(c1ccccc1)C(C)(C)CN(C)Cc1cscn1. The number of thiazole rings is 1. The molecular formula is C17H25N3S. The number of hydrogen-bond donors (Lipinski definition) is 1. The van der Waals surface area contributed by atoms with Crippen LogP contribution >= 0.6 is 11.3 Å². The van der Waals surface area contributed by atoms with E-state index in [1.165, 1.54) is 5.56 Å². The zero-order chi connectivity index (χ0) is 15.3. The normalized spacial score (nSPS) is 13.6. The summed E-state index contributed by atoms with van der Waals surface area (Å²) in [5.74, 6) is 0. The van der Waals surface area contributed by atoms with Crippen molar-refractivity contribution < 1.29 is 0 Å². The second-order valence-corrected chi connectivity index (χ2v) is 6.99. The van der Waals surface area contributed by atoms with Gasteiger partial charge in [0.25, 0.3) is 0 Å². The first-order valence-electron chi connectivity index (χ1n) is 7.31. The summed E-state index contributed by atoms with van der Waals surface area (Å²) in [5.41, 5.74) is 4.52. The molecule has 0 radical (unpaired) electrons. The highest BCUT2D eigenvalue weighted by molar-refractivity contribution is 7.07. The van der Waals surface area contributed by atoms with E-state index in [2.05, 4.69) is 71.8 Å². The third kappa shape index (κ3) is 4.37. The second kappa shape index (κ2) is 7.16. The lowest BCUT2D eigenvalue weighted by molar-refractivity contribution is 0.156. The Bertz CT molecular complexity index is 522. The van der Waals surface area contributed by atoms with Crippen LogP contribution in [0.5, 0.6) is 0 Å². The van der Waals surface area contributed by atoms with Crippen LogP contribution in [0.3, 0.4) is 0 Å². The first-order chi connectivity index (χ1) is 10.0. The standard InChI is InChI=1S/C17H25N3S/c1-17(2,12-20(4)10-15-11-21-13-19-15)16(18-3)14-8-6-5-7-9-14/h5-9,11,13,16,18H,10,12H2,1-4H3. The van der Waals surface area contributed by atoms with Gasteiger partial charge in [-0.15, -0.1) is 11.3 Å².